The second-order valence-electron chi connectivity index (χ2n) is 3.70. The molecule has 1 aliphatic rings. The first-order valence-electron chi connectivity index (χ1n) is 5.64. The van der Waals surface area contributed by atoms with Crippen molar-refractivity contribution in [1.82, 2.24) is 10.6 Å². The van der Waals surface area contributed by atoms with Gasteiger partial charge in [-0.05, 0) is 19.4 Å². The Balaban J connectivity index is 2.02. The fraction of sp³-hybridized carbons (Fsp3) is 0.900. The van der Waals surface area contributed by atoms with Gasteiger partial charge in [0.25, 0.3) is 0 Å². The van der Waals surface area contributed by atoms with Crippen molar-refractivity contribution in [1.29, 1.82) is 0 Å². The number of hydrogen-bond acceptors (Lipinski definition) is 4. The van der Waals surface area contributed by atoms with Crippen molar-refractivity contribution in [2.24, 2.45) is 5.73 Å². The summed E-state index contributed by atoms with van der Waals surface area (Å²) in [6.07, 6.45) is 2.77. The number of amides is 1. The summed E-state index contributed by atoms with van der Waals surface area (Å²) in [5.41, 5.74) is 5.37. The summed E-state index contributed by atoms with van der Waals surface area (Å²) in [5, 5.41) is 5.99. The van der Waals surface area contributed by atoms with Gasteiger partial charge in [-0.15, -0.1) is 0 Å². The fourth-order valence-electron chi connectivity index (χ4n) is 1.51. The number of ether oxygens (including phenoxy) is 1. The Bertz CT molecular complexity index is 182. The van der Waals surface area contributed by atoms with E-state index in [2.05, 4.69) is 10.6 Å². The second kappa shape index (κ2) is 7.62. The van der Waals surface area contributed by atoms with E-state index < -0.39 is 0 Å². The van der Waals surface area contributed by atoms with Crippen molar-refractivity contribution in [2.45, 2.75) is 25.4 Å². The van der Waals surface area contributed by atoms with Crippen LogP contribution in [0.3, 0.4) is 0 Å². The predicted octanol–water partition coefficient (Wildman–Crippen LogP) is -0.780. The fourth-order valence-corrected chi connectivity index (χ4v) is 1.51. The maximum Gasteiger partial charge on any atom is 0.250 e. The smallest absolute Gasteiger partial charge is 0.250 e. The van der Waals surface area contributed by atoms with E-state index in [1.165, 1.54) is 0 Å². The molecular formula is C10H21N3O2. The highest BCUT2D eigenvalue weighted by molar-refractivity contribution is 5.81. The molecule has 1 unspecified atom stereocenters. The summed E-state index contributed by atoms with van der Waals surface area (Å²) in [4.78, 5) is 11.5. The molecule has 0 saturated carbocycles. The van der Waals surface area contributed by atoms with Gasteiger partial charge in [-0.3, -0.25) is 4.79 Å². The normalized spacial score (nSPS) is 21.3. The second-order valence-corrected chi connectivity index (χ2v) is 3.70. The van der Waals surface area contributed by atoms with Crippen molar-refractivity contribution in [3.63, 3.8) is 0 Å². The lowest BCUT2D eigenvalue weighted by Gasteiger charge is -2.22. The topological polar surface area (TPSA) is 76.4 Å². The van der Waals surface area contributed by atoms with Crippen molar-refractivity contribution < 1.29 is 9.53 Å². The summed E-state index contributed by atoms with van der Waals surface area (Å²) < 4.78 is 5.32. The van der Waals surface area contributed by atoms with Crippen LogP contribution in [0.5, 0.6) is 0 Å². The Morgan fingerprint density at radius 1 is 1.47 bits per heavy atom. The van der Waals surface area contributed by atoms with E-state index in [4.69, 9.17) is 10.5 Å². The molecule has 0 aromatic heterocycles. The Morgan fingerprint density at radius 3 is 3.00 bits per heavy atom. The van der Waals surface area contributed by atoms with E-state index in [0.717, 1.165) is 38.9 Å². The first-order valence-corrected chi connectivity index (χ1v) is 5.64. The number of nitrogens with two attached hydrogens (primary N) is 1. The van der Waals surface area contributed by atoms with Gasteiger partial charge in [-0.1, -0.05) is 6.42 Å². The van der Waals surface area contributed by atoms with Crippen LogP contribution >= 0.6 is 0 Å². The molecule has 5 heteroatoms. The molecule has 15 heavy (non-hydrogen) atoms. The molecule has 0 aromatic rings. The maximum atomic E-state index is 11.5. The molecule has 1 rings (SSSR count). The lowest BCUT2D eigenvalue weighted by atomic mass is 10.2. The summed E-state index contributed by atoms with van der Waals surface area (Å²) in [7, 11) is 0. The molecule has 1 saturated heterocycles. The highest BCUT2D eigenvalue weighted by Crippen LogP contribution is 1.96. The van der Waals surface area contributed by atoms with Crippen molar-refractivity contribution in [2.75, 3.05) is 32.8 Å². The molecule has 88 valence electrons. The zero-order valence-electron chi connectivity index (χ0n) is 9.13. The highest BCUT2D eigenvalue weighted by atomic mass is 16.5. The highest BCUT2D eigenvalue weighted by Gasteiger charge is 2.20. The van der Waals surface area contributed by atoms with Crippen LogP contribution in [0, 0.1) is 0 Å². The number of rotatable bonds is 6. The molecule has 0 spiro atoms. The van der Waals surface area contributed by atoms with E-state index >= 15 is 0 Å². The molecule has 1 aliphatic heterocycles. The largest absolute Gasteiger partial charge is 0.366 e. The van der Waals surface area contributed by atoms with Gasteiger partial charge in [-0.2, -0.15) is 0 Å². The minimum absolute atomic E-state index is 0.00468. The average molecular weight is 215 g/mol. The monoisotopic (exact) mass is 215 g/mol. The molecule has 1 fully saturated rings. The number of nitrogens with one attached hydrogen (secondary N) is 2. The van der Waals surface area contributed by atoms with Gasteiger partial charge < -0.3 is 21.1 Å². The van der Waals surface area contributed by atoms with E-state index in [1.807, 2.05) is 0 Å². The van der Waals surface area contributed by atoms with Crippen LogP contribution in [0.2, 0.25) is 0 Å². The number of unbranched alkanes of at least 4 members (excludes halogenated alkanes) is 2. The Kier molecular flexibility index (Phi) is 6.31. The van der Waals surface area contributed by atoms with Gasteiger partial charge >= 0.3 is 0 Å². The SMILES string of the molecule is NCCCCCNC(=O)C1CNCCO1. The number of morpholine rings is 1. The molecule has 4 N–H and O–H groups in total. The van der Waals surface area contributed by atoms with Crippen molar-refractivity contribution >= 4 is 5.91 Å². The van der Waals surface area contributed by atoms with Gasteiger partial charge in [0, 0.05) is 19.6 Å². The first kappa shape index (κ1) is 12.4. The number of carbonyl (C=O) groups is 1. The Labute approximate surface area is 90.7 Å². The molecule has 5 nitrogen and oxygen atoms in total. The molecule has 0 bridgehead atoms. The summed E-state index contributed by atoms with van der Waals surface area (Å²) in [6, 6.07) is 0. The van der Waals surface area contributed by atoms with E-state index in [9.17, 15) is 4.79 Å². The van der Waals surface area contributed by atoms with Crippen molar-refractivity contribution in [3.05, 3.63) is 0 Å². The molecule has 1 atom stereocenters. The molecule has 0 aliphatic carbocycles. The lowest BCUT2D eigenvalue weighted by molar-refractivity contribution is -0.134. The lowest BCUT2D eigenvalue weighted by Crippen LogP contribution is -2.48. The summed E-state index contributed by atoms with van der Waals surface area (Å²) in [6.45, 7) is 3.52. The quantitative estimate of drug-likeness (QED) is 0.508. The van der Waals surface area contributed by atoms with Crippen LogP contribution in [-0.2, 0) is 9.53 Å². The molecular weight excluding hydrogens is 194 g/mol. The van der Waals surface area contributed by atoms with Gasteiger partial charge in [0.15, 0.2) is 0 Å². The van der Waals surface area contributed by atoms with Crippen LogP contribution in [0.1, 0.15) is 19.3 Å². The number of hydrogen-bond donors (Lipinski definition) is 3. The van der Waals surface area contributed by atoms with Gasteiger partial charge in [0.2, 0.25) is 5.91 Å². The molecule has 1 amide bonds. The van der Waals surface area contributed by atoms with Crippen LogP contribution < -0.4 is 16.4 Å². The first-order chi connectivity index (χ1) is 7.34. The number of carbonyl (C=O) groups excluding carboxylic acids is 1. The predicted molar refractivity (Wildman–Crippen MR) is 58.5 cm³/mol. The summed E-state index contributed by atoms with van der Waals surface area (Å²) in [5.74, 6) is -0.00468. The molecule has 0 aromatic carbocycles. The third-order valence-electron chi connectivity index (χ3n) is 2.40. The maximum absolute atomic E-state index is 11.5. The molecule has 0 radical (unpaired) electrons. The Hall–Kier alpha value is -0.650. The standard InChI is InChI=1S/C10H21N3O2/c11-4-2-1-3-5-13-10(14)9-8-12-6-7-15-9/h9,12H,1-8,11H2,(H,13,14). The van der Waals surface area contributed by atoms with Crippen LogP contribution in [-0.4, -0.2) is 44.8 Å². The Morgan fingerprint density at radius 2 is 2.33 bits per heavy atom. The van der Waals surface area contributed by atoms with E-state index in [-0.39, 0.29) is 12.0 Å². The zero-order valence-corrected chi connectivity index (χ0v) is 9.13. The minimum atomic E-state index is -0.312. The van der Waals surface area contributed by atoms with Crippen LogP contribution in [0.25, 0.3) is 0 Å². The van der Waals surface area contributed by atoms with Crippen LogP contribution in [0.4, 0.5) is 0 Å². The van der Waals surface area contributed by atoms with Crippen molar-refractivity contribution in [3.8, 4) is 0 Å². The van der Waals surface area contributed by atoms with Gasteiger partial charge in [0.1, 0.15) is 6.10 Å². The van der Waals surface area contributed by atoms with E-state index in [0.29, 0.717) is 13.2 Å². The van der Waals surface area contributed by atoms with Gasteiger partial charge in [-0.25, -0.2) is 0 Å². The third kappa shape index (κ3) is 5.11. The average Bonchev–Trinajstić information content (AvgIpc) is 2.30. The zero-order chi connectivity index (χ0) is 10.9. The third-order valence-corrected chi connectivity index (χ3v) is 2.40. The van der Waals surface area contributed by atoms with Gasteiger partial charge in [0.05, 0.1) is 6.61 Å². The molecule has 1 heterocycles. The van der Waals surface area contributed by atoms with E-state index in [1.54, 1.807) is 0 Å². The minimum Gasteiger partial charge on any atom is -0.366 e. The summed E-state index contributed by atoms with van der Waals surface area (Å²) >= 11 is 0. The van der Waals surface area contributed by atoms with Crippen LogP contribution in [0.15, 0.2) is 0 Å².